The molecule has 7 heteroatoms. The number of aromatic nitrogens is 2. The number of carboxylic acid groups (broad SMARTS) is 1. The fourth-order valence-electron chi connectivity index (χ4n) is 1.70. The van der Waals surface area contributed by atoms with Crippen LogP contribution in [0.3, 0.4) is 0 Å². The first kappa shape index (κ1) is 14.0. The highest BCUT2D eigenvalue weighted by Crippen LogP contribution is 2.31. The van der Waals surface area contributed by atoms with E-state index in [4.69, 9.17) is 5.11 Å². The van der Waals surface area contributed by atoms with Crippen molar-refractivity contribution in [2.45, 2.75) is 12.6 Å². The first-order chi connectivity index (χ1) is 9.38. The van der Waals surface area contributed by atoms with Crippen LogP contribution in [0.15, 0.2) is 36.7 Å². The van der Waals surface area contributed by atoms with Crippen LogP contribution in [0.25, 0.3) is 11.3 Å². The Balaban J connectivity index is 2.57. The largest absolute Gasteiger partial charge is 0.481 e. The lowest BCUT2D eigenvalue weighted by atomic mass is 10.0. The van der Waals surface area contributed by atoms with Crippen LogP contribution in [0.4, 0.5) is 13.2 Å². The van der Waals surface area contributed by atoms with Crippen LogP contribution in [-0.4, -0.2) is 21.0 Å². The maximum atomic E-state index is 12.7. The third-order valence-electron chi connectivity index (χ3n) is 2.55. The summed E-state index contributed by atoms with van der Waals surface area (Å²) < 4.78 is 38.1. The molecule has 2 aromatic heterocycles. The molecule has 0 spiro atoms. The number of hydrogen-bond acceptors (Lipinski definition) is 3. The van der Waals surface area contributed by atoms with E-state index in [1.807, 2.05) is 0 Å². The summed E-state index contributed by atoms with van der Waals surface area (Å²) in [5.74, 6) is -1.14. The van der Waals surface area contributed by atoms with E-state index < -0.39 is 24.3 Å². The maximum absolute atomic E-state index is 12.7. The molecule has 0 bridgehead atoms. The second-order valence-electron chi connectivity index (χ2n) is 4.01. The van der Waals surface area contributed by atoms with Gasteiger partial charge in [0.25, 0.3) is 0 Å². The number of carbonyl (C=O) groups is 1. The number of pyridine rings is 2. The lowest BCUT2D eigenvalue weighted by molar-refractivity contribution is -0.141. The molecular weight excluding hydrogens is 273 g/mol. The molecule has 1 N–H and O–H groups in total. The number of carboxylic acids is 1. The minimum Gasteiger partial charge on any atom is -0.481 e. The van der Waals surface area contributed by atoms with Gasteiger partial charge in [-0.05, 0) is 23.8 Å². The molecule has 20 heavy (non-hydrogen) atoms. The standard InChI is InChI=1S/C13H9F3N2O2/c14-13(15,16)10-4-3-8(6-11(19)20)12(18-10)9-2-1-5-17-7-9/h1-5,7H,6H2,(H,19,20). The third kappa shape index (κ3) is 3.11. The molecule has 0 aliphatic rings. The van der Waals surface area contributed by atoms with Crippen molar-refractivity contribution in [1.29, 1.82) is 0 Å². The lowest BCUT2D eigenvalue weighted by Crippen LogP contribution is -2.11. The van der Waals surface area contributed by atoms with E-state index in [0.717, 1.165) is 12.1 Å². The average Bonchev–Trinajstić information content (AvgIpc) is 2.38. The number of halogens is 3. The van der Waals surface area contributed by atoms with Gasteiger partial charge in [-0.25, -0.2) is 4.98 Å². The summed E-state index contributed by atoms with van der Waals surface area (Å²) in [5, 5.41) is 8.80. The van der Waals surface area contributed by atoms with Gasteiger partial charge in [0.2, 0.25) is 0 Å². The highest BCUT2D eigenvalue weighted by atomic mass is 19.4. The molecule has 0 unspecified atom stereocenters. The van der Waals surface area contributed by atoms with E-state index in [1.165, 1.54) is 18.5 Å². The fraction of sp³-hybridized carbons (Fsp3) is 0.154. The van der Waals surface area contributed by atoms with Gasteiger partial charge in [-0.15, -0.1) is 0 Å². The van der Waals surface area contributed by atoms with Crippen LogP contribution in [0.5, 0.6) is 0 Å². The molecule has 0 saturated carbocycles. The molecule has 0 atom stereocenters. The van der Waals surface area contributed by atoms with Crippen molar-refractivity contribution < 1.29 is 23.1 Å². The smallest absolute Gasteiger partial charge is 0.433 e. The first-order valence-corrected chi connectivity index (χ1v) is 5.57. The summed E-state index contributed by atoms with van der Waals surface area (Å²) >= 11 is 0. The van der Waals surface area contributed by atoms with Crippen molar-refractivity contribution in [2.75, 3.05) is 0 Å². The van der Waals surface area contributed by atoms with Gasteiger partial charge in [0.1, 0.15) is 5.69 Å². The number of nitrogens with zero attached hydrogens (tertiary/aromatic N) is 2. The Hall–Kier alpha value is -2.44. The number of aliphatic carboxylic acids is 1. The summed E-state index contributed by atoms with van der Waals surface area (Å²) in [5.41, 5.74) is -0.533. The second kappa shape index (κ2) is 5.28. The topological polar surface area (TPSA) is 63.1 Å². The molecule has 0 aliphatic heterocycles. The Morgan fingerprint density at radius 2 is 2.00 bits per heavy atom. The summed E-state index contributed by atoms with van der Waals surface area (Å²) in [6.07, 6.45) is -2.18. The van der Waals surface area contributed by atoms with Gasteiger partial charge in [-0.3, -0.25) is 9.78 Å². The Morgan fingerprint density at radius 3 is 2.55 bits per heavy atom. The fourth-order valence-corrected chi connectivity index (χ4v) is 1.70. The average molecular weight is 282 g/mol. The predicted molar refractivity (Wildman–Crippen MR) is 63.8 cm³/mol. The normalized spacial score (nSPS) is 11.3. The molecule has 104 valence electrons. The maximum Gasteiger partial charge on any atom is 0.433 e. The number of alkyl halides is 3. The number of hydrogen-bond donors (Lipinski definition) is 1. The van der Waals surface area contributed by atoms with Crippen LogP contribution in [0.2, 0.25) is 0 Å². The van der Waals surface area contributed by atoms with Crippen LogP contribution in [0, 0.1) is 0 Å². The quantitative estimate of drug-likeness (QED) is 0.940. The van der Waals surface area contributed by atoms with E-state index >= 15 is 0 Å². The van der Waals surface area contributed by atoms with Crippen molar-refractivity contribution in [3.63, 3.8) is 0 Å². The zero-order valence-electron chi connectivity index (χ0n) is 10.1. The van der Waals surface area contributed by atoms with Gasteiger partial charge < -0.3 is 5.11 Å². The van der Waals surface area contributed by atoms with Crippen LogP contribution in [0.1, 0.15) is 11.3 Å². The Morgan fingerprint density at radius 1 is 1.25 bits per heavy atom. The molecular formula is C13H9F3N2O2. The van der Waals surface area contributed by atoms with Gasteiger partial charge >= 0.3 is 12.1 Å². The molecule has 0 saturated heterocycles. The number of rotatable bonds is 3. The van der Waals surface area contributed by atoms with Crippen molar-refractivity contribution >= 4 is 5.97 Å². The second-order valence-corrected chi connectivity index (χ2v) is 4.01. The SMILES string of the molecule is O=C(O)Cc1ccc(C(F)(F)F)nc1-c1cccnc1. The summed E-state index contributed by atoms with van der Waals surface area (Å²) in [6, 6.07) is 4.98. The van der Waals surface area contributed by atoms with Crippen molar-refractivity contribution in [3.8, 4) is 11.3 Å². The summed E-state index contributed by atoms with van der Waals surface area (Å²) in [4.78, 5) is 18.1. The molecule has 2 heterocycles. The van der Waals surface area contributed by atoms with E-state index in [9.17, 15) is 18.0 Å². The molecule has 2 aromatic rings. The highest BCUT2D eigenvalue weighted by molar-refractivity contribution is 5.74. The Kier molecular flexibility index (Phi) is 3.69. The molecule has 0 aromatic carbocycles. The first-order valence-electron chi connectivity index (χ1n) is 5.57. The minimum absolute atomic E-state index is 0.0182. The molecule has 2 rings (SSSR count). The van der Waals surface area contributed by atoms with Gasteiger partial charge in [0, 0.05) is 18.0 Å². The van der Waals surface area contributed by atoms with Crippen molar-refractivity contribution in [1.82, 2.24) is 9.97 Å². The predicted octanol–water partition coefficient (Wildman–Crippen LogP) is 2.79. The molecule has 0 amide bonds. The lowest BCUT2D eigenvalue weighted by Gasteiger charge is -2.11. The van der Waals surface area contributed by atoms with Crippen LogP contribution >= 0.6 is 0 Å². The molecule has 0 radical (unpaired) electrons. The highest BCUT2D eigenvalue weighted by Gasteiger charge is 2.33. The van der Waals surface area contributed by atoms with Crippen LogP contribution in [-0.2, 0) is 17.4 Å². The van der Waals surface area contributed by atoms with Crippen molar-refractivity contribution in [2.24, 2.45) is 0 Å². The van der Waals surface area contributed by atoms with Gasteiger partial charge in [0.05, 0.1) is 12.1 Å². The summed E-state index contributed by atoms with van der Waals surface area (Å²) in [6.45, 7) is 0. The monoisotopic (exact) mass is 282 g/mol. The summed E-state index contributed by atoms with van der Waals surface area (Å²) in [7, 11) is 0. The van der Waals surface area contributed by atoms with E-state index in [-0.39, 0.29) is 11.3 Å². The zero-order chi connectivity index (χ0) is 14.8. The Labute approximate surface area is 111 Å². The molecule has 0 fully saturated rings. The van der Waals surface area contributed by atoms with E-state index in [0.29, 0.717) is 5.56 Å². The van der Waals surface area contributed by atoms with Gasteiger partial charge in [0.15, 0.2) is 0 Å². The van der Waals surface area contributed by atoms with Gasteiger partial charge in [-0.2, -0.15) is 13.2 Å². The van der Waals surface area contributed by atoms with E-state index in [2.05, 4.69) is 9.97 Å². The third-order valence-corrected chi connectivity index (χ3v) is 2.55. The Bertz CT molecular complexity index is 627. The van der Waals surface area contributed by atoms with Crippen molar-refractivity contribution in [3.05, 3.63) is 47.9 Å². The van der Waals surface area contributed by atoms with E-state index in [1.54, 1.807) is 6.07 Å². The minimum atomic E-state index is -4.58. The van der Waals surface area contributed by atoms with Gasteiger partial charge in [-0.1, -0.05) is 6.07 Å². The molecule has 0 aliphatic carbocycles. The molecule has 4 nitrogen and oxygen atoms in total. The zero-order valence-corrected chi connectivity index (χ0v) is 10.1. The van der Waals surface area contributed by atoms with Crippen LogP contribution < -0.4 is 0 Å².